The molecule has 1 aromatic rings. The molecule has 0 spiro atoms. The number of hydrogen-bond acceptors (Lipinski definition) is 14. The van der Waals surface area contributed by atoms with Gasteiger partial charge in [0, 0.05) is 41.5 Å². The van der Waals surface area contributed by atoms with Crippen molar-refractivity contribution in [3.63, 3.8) is 0 Å². The van der Waals surface area contributed by atoms with Crippen LogP contribution in [0.15, 0.2) is 30.3 Å². The van der Waals surface area contributed by atoms with Crippen LogP contribution in [-0.4, -0.2) is 84.6 Å². The number of rotatable bonds is 12. The van der Waals surface area contributed by atoms with Crippen molar-refractivity contribution in [3.8, 4) is 0 Å². The molecular formula is C28H35NO14. The highest BCUT2D eigenvalue weighted by molar-refractivity contribution is 5.82. The summed E-state index contributed by atoms with van der Waals surface area (Å²) in [7, 11) is 0. The molecule has 0 unspecified atom stereocenters. The molecule has 2 rings (SSSR count). The SMILES string of the molecule is CC(=O)N[C@H]1[C@H]([C@H](OC(C)=O)[C@@H](COC(C)=O)OC(C)=O)O[C@@](OC(C)=O)(C(=O)OCc2ccccc2)C[C@@H]1OC(C)=O. The van der Waals surface area contributed by atoms with Gasteiger partial charge in [-0.2, -0.15) is 0 Å². The predicted molar refractivity (Wildman–Crippen MR) is 141 cm³/mol. The van der Waals surface area contributed by atoms with E-state index in [1.54, 1.807) is 30.3 Å². The van der Waals surface area contributed by atoms with Crippen molar-refractivity contribution in [1.29, 1.82) is 0 Å². The summed E-state index contributed by atoms with van der Waals surface area (Å²) >= 11 is 0. The summed E-state index contributed by atoms with van der Waals surface area (Å²) in [5.41, 5.74) is 0.572. The highest BCUT2D eigenvalue weighted by atomic mass is 16.8. The van der Waals surface area contributed by atoms with Crippen LogP contribution in [0.5, 0.6) is 0 Å². The van der Waals surface area contributed by atoms with E-state index in [0.717, 1.165) is 41.5 Å². The van der Waals surface area contributed by atoms with Crippen LogP contribution in [0.3, 0.4) is 0 Å². The van der Waals surface area contributed by atoms with Gasteiger partial charge in [-0.25, -0.2) is 4.79 Å². The smallest absolute Gasteiger partial charge is 0.380 e. The van der Waals surface area contributed by atoms with E-state index in [-0.39, 0.29) is 6.61 Å². The highest BCUT2D eigenvalue weighted by Gasteiger charge is 2.60. The molecule has 0 aliphatic carbocycles. The van der Waals surface area contributed by atoms with E-state index in [9.17, 15) is 33.6 Å². The van der Waals surface area contributed by atoms with Crippen LogP contribution in [0.25, 0.3) is 0 Å². The first-order valence-electron chi connectivity index (χ1n) is 13.1. The summed E-state index contributed by atoms with van der Waals surface area (Å²) in [4.78, 5) is 86.3. The van der Waals surface area contributed by atoms with Crippen LogP contribution in [0, 0.1) is 0 Å². The minimum Gasteiger partial charge on any atom is -0.462 e. The second-order valence-corrected chi connectivity index (χ2v) is 9.59. The summed E-state index contributed by atoms with van der Waals surface area (Å²) in [6.07, 6.45) is -7.13. The third kappa shape index (κ3) is 10.7. The molecule has 6 atom stereocenters. The normalized spacial score (nSPS) is 22.5. The van der Waals surface area contributed by atoms with E-state index in [2.05, 4.69) is 5.32 Å². The molecule has 43 heavy (non-hydrogen) atoms. The fraction of sp³-hybridized carbons (Fsp3) is 0.536. The zero-order valence-electron chi connectivity index (χ0n) is 24.6. The first-order valence-corrected chi connectivity index (χ1v) is 13.1. The number of amides is 1. The van der Waals surface area contributed by atoms with E-state index in [1.807, 2.05) is 0 Å². The summed E-state index contributed by atoms with van der Waals surface area (Å²) in [6, 6.07) is 7.10. The van der Waals surface area contributed by atoms with E-state index in [1.165, 1.54) is 0 Å². The number of carbonyl (C=O) groups is 7. The number of carbonyl (C=O) groups excluding carboxylic acids is 7. The Kier molecular flexibility index (Phi) is 12.6. The van der Waals surface area contributed by atoms with Crippen LogP contribution in [0.2, 0.25) is 0 Å². The molecule has 0 saturated carbocycles. The monoisotopic (exact) mass is 609 g/mol. The van der Waals surface area contributed by atoms with E-state index in [0.29, 0.717) is 5.56 Å². The maximum atomic E-state index is 13.6. The van der Waals surface area contributed by atoms with Gasteiger partial charge in [0.05, 0.1) is 12.5 Å². The molecule has 1 heterocycles. The Morgan fingerprint density at radius 2 is 1.47 bits per heavy atom. The lowest BCUT2D eigenvalue weighted by molar-refractivity contribution is -0.305. The zero-order chi connectivity index (χ0) is 32.3. The molecule has 1 saturated heterocycles. The van der Waals surface area contributed by atoms with Crippen LogP contribution in [-0.2, 0) is 73.3 Å². The first-order chi connectivity index (χ1) is 20.1. The van der Waals surface area contributed by atoms with E-state index in [4.69, 9.17) is 33.2 Å². The number of nitrogens with one attached hydrogen (secondary N) is 1. The van der Waals surface area contributed by atoms with Crippen molar-refractivity contribution in [2.75, 3.05) is 6.61 Å². The molecule has 1 aliphatic rings. The Hall–Kier alpha value is -4.53. The van der Waals surface area contributed by atoms with Crippen LogP contribution in [0.1, 0.15) is 53.5 Å². The van der Waals surface area contributed by atoms with Crippen LogP contribution in [0.4, 0.5) is 0 Å². The average Bonchev–Trinajstić information content (AvgIpc) is 2.89. The summed E-state index contributed by atoms with van der Waals surface area (Å²) < 4.78 is 38.0. The standard InChI is InChI=1S/C28H35NO14/c1-15(30)29-24-22(39-17(3)32)12-28(42-20(6)35,27(36)38-13-21-10-8-7-9-11-21)43-26(24)25(41-19(5)34)23(40-18(4)33)14-37-16(2)31/h7-11,22-26H,12-14H2,1-6H3,(H,29,30)/t22-,23+,24+,25+,26+,28+/m0/s1. The number of esters is 6. The summed E-state index contributed by atoms with van der Waals surface area (Å²) in [5.74, 6) is -8.94. The average molecular weight is 610 g/mol. The lowest BCUT2D eigenvalue weighted by atomic mass is 9.88. The minimum absolute atomic E-state index is 0.278. The number of ether oxygens (including phenoxy) is 7. The van der Waals surface area contributed by atoms with Gasteiger partial charge in [0.1, 0.15) is 25.4 Å². The van der Waals surface area contributed by atoms with Gasteiger partial charge >= 0.3 is 41.6 Å². The topological polar surface area (TPSA) is 196 Å². The van der Waals surface area contributed by atoms with Gasteiger partial charge in [0.25, 0.3) is 0 Å². The molecule has 1 amide bonds. The van der Waals surface area contributed by atoms with Crippen molar-refractivity contribution < 1.29 is 66.7 Å². The number of hydrogen-bond donors (Lipinski definition) is 1. The predicted octanol–water partition coefficient (Wildman–Crippen LogP) is 0.641. The van der Waals surface area contributed by atoms with Crippen molar-refractivity contribution in [2.45, 2.75) is 90.8 Å². The third-order valence-corrected chi connectivity index (χ3v) is 5.83. The van der Waals surface area contributed by atoms with Gasteiger partial charge in [-0.15, -0.1) is 0 Å². The maximum Gasteiger partial charge on any atom is 0.380 e. The highest BCUT2D eigenvalue weighted by Crippen LogP contribution is 2.37. The molecule has 1 aliphatic heterocycles. The van der Waals surface area contributed by atoms with Gasteiger partial charge < -0.3 is 38.5 Å². The molecule has 15 heteroatoms. The van der Waals surface area contributed by atoms with Crippen LogP contribution >= 0.6 is 0 Å². The van der Waals surface area contributed by atoms with Gasteiger partial charge in [-0.05, 0) is 5.56 Å². The Labute approximate surface area is 247 Å². The Balaban J connectivity index is 2.71. The minimum atomic E-state index is -2.61. The van der Waals surface area contributed by atoms with Gasteiger partial charge in [0.15, 0.2) is 12.2 Å². The first kappa shape index (κ1) is 34.7. The Bertz CT molecular complexity index is 1200. The van der Waals surface area contributed by atoms with Gasteiger partial charge in [0.2, 0.25) is 5.91 Å². The molecule has 1 aromatic carbocycles. The fourth-order valence-corrected chi connectivity index (χ4v) is 4.41. The Morgan fingerprint density at radius 3 is 1.98 bits per heavy atom. The molecule has 1 N–H and O–H groups in total. The third-order valence-electron chi connectivity index (χ3n) is 5.83. The van der Waals surface area contributed by atoms with E-state index >= 15 is 0 Å². The maximum absolute atomic E-state index is 13.6. The second-order valence-electron chi connectivity index (χ2n) is 9.59. The molecule has 236 valence electrons. The molecule has 15 nitrogen and oxygen atoms in total. The molecule has 0 bridgehead atoms. The van der Waals surface area contributed by atoms with Crippen molar-refractivity contribution in [3.05, 3.63) is 35.9 Å². The number of benzene rings is 1. The molecule has 0 aromatic heterocycles. The van der Waals surface area contributed by atoms with Crippen molar-refractivity contribution >= 4 is 41.7 Å². The molecule has 1 fully saturated rings. The van der Waals surface area contributed by atoms with Crippen molar-refractivity contribution in [2.24, 2.45) is 0 Å². The lowest BCUT2D eigenvalue weighted by Gasteiger charge is -2.48. The quantitative estimate of drug-likeness (QED) is 0.256. The largest absolute Gasteiger partial charge is 0.462 e. The lowest BCUT2D eigenvalue weighted by Crippen LogP contribution is -2.69. The van der Waals surface area contributed by atoms with Gasteiger partial charge in [-0.3, -0.25) is 28.8 Å². The van der Waals surface area contributed by atoms with E-state index < -0.39 is 91.0 Å². The van der Waals surface area contributed by atoms with Gasteiger partial charge in [-0.1, -0.05) is 30.3 Å². The Morgan fingerprint density at radius 1 is 0.837 bits per heavy atom. The molecule has 0 radical (unpaired) electrons. The summed E-state index contributed by atoms with van der Waals surface area (Å²) in [5, 5.41) is 2.53. The molecular weight excluding hydrogens is 574 g/mol. The zero-order valence-corrected chi connectivity index (χ0v) is 24.6. The fourth-order valence-electron chi connectivity index (χ4n) is 4.41. The van der Waals surface area contributed by atoms with Crippen LogP contribution < -0.4 is 5.32 Å². The second kappa shape index (κ2) is 15.6. The van der Waals surface area contributed by atoms with Crippen molar-refractivity contribution in [1.82, 2.24) is 5.32 Å². The summed E-state index contributed by atoms with van der Waals surface area (Å²) in [6.45, 7) is 5.36.